The fourth-order valence-corrected chi connectivity index (χ4v) is 2.44. The highest BCUT2D eigenvalue weighted by Gasteiger charge is 2.08. The lowest BCUT2D eigenvalue weighted by Crippen LogP contribution is -2.07. The predicted octanol–water partition coefficient (Wildman–Crippen LogP) is 2.25. The molecule has 0 aliphatic carbocycles. The van der Waals surface area contributed by atoms with Crippen molar-refractivity contribution in [2.24, 2.45) is 5.73 Å². The smallest absolute Gasteiger partial charge is 0.152 e. The summed E-state index contributed by atoms with van der Waals surface area (Å²) in [5, 5.41) is 0. The number of halogens is 2. The molecule has 0 aromatic carbocycles. The van der Waals surface area contributed by atoms with E-state index in [-0.39, 0.29) is 0 Å². The van der Waals surface area contributed by atoms with Crippen LogP contribution in [-0.2, 0) is 6.54 Å². The second kappa shape index (κ2) is 4.42. The van der Waals surface area contributed by atoms with Crippen LogP contribution in [0.15, 0.2) is 33.6 Å². The van der Waals surface area contributed by atoms with Gasteiger partial charge in [0.15, 0.2) is 5.82 Å². The van der Waals surface area contributed by atoms with Crippen molar-refractivity contribution in [3.8, 4) is 5.82 Å². The Morgan fingerprint density at radius 2 is 2.13 bits per heavy atom. The Labute approximate surface area is 104 Å². The molecule has 78 valence electrons. The van der Waals surface area contributed by atoms with E-state index in [1.165, 1.54) is 0 Å². The van der Waals surface area contributed by atoms with E-state index < -0.39 is 0 Å². The molecule has 0 bridgehead atoms. The molecular weight excluding hydrogens is 324 g/mol. The van der Waals surface area contributed by atoms with Crippen molar-refractivity contribution in [1.29, 1.82) is 0 Å². The molecule has 0 radical (unpaired) electrons. The average Bonchev–Trinajstić information content (AvgIpc) is 2.65. The lowest BCUT2D eigenvalue weighted by atomic mass is 10.4. The Bertz CT molecular complexity index is 481. The second-order valence-corrected chi connectivity index (χ2v) is 4.65. The summed E-state index contributed by atoms with van der Waals surface area (Å²) >= 11 is 6.80. The van der Waals surface area contributed by atoms with Crippen molar-refractivity contribution in [2.45, 2.75) is 6.54 Å². The van der Waals surface area contributed by atoms with Gasteiger partial charge in [0.05, 0.1) is 11.0 Å². The van der Waals surface area contributed by atoms with Crippen molar-refractivity contribution >= 4 is 31.9 Å². The van der Waals surface area contributed by atoms with Crippen LogP contribution in [0.3, 0.4) is 0 Å². The first-order valence-electron chi connectivity index (χ1n) is 4.26. The first kappa shape index (κ1) is 10.8. The maximum Gasteiger partial charge on any atom is 0.152 e. The van der Waals surface area contributed by atoms with Gasteiger partial charge >= 0.3 is 0 Å². The van der Waals surface area contributed by atoms with E-state index in [0.29, 0.717) is 6.54 Å². The molecule has 0 atom stereocenters. The molecule has 0 aliphatic rings. The highest BCUT2D eigenvalue weighted by atomic mass is 79.9. The van der Waals surface area contributed by atoms with E-state index in [0.717, 1.165) is 20.6 Å². The van der Waals surface area contributed by atoms with E-state index in [2.05, 4.69) is 41.8 Å². The molecule has 4 nitrogen and oxygen atoms in total. The van der Waals surface area contributed by atoms with Gasteiger partial charge in [-0.05, 0) is 37.9 Å². The van der Waals surface area contributed by atoms with Gasteiger partial charge in [-0.1, -0.05) is 0 Å². The first-order chi connectivity index (χ1) is 7.22. The highest BCUT2D eigenvalue weighted by molar-refractivity contribution is 9.11. The third-order valence-corrected chi connectivity index (χ3v) is 2.93. The van der Waals surface area contributed by atoms with E-state index in [1.807, 2.05) is 16.8 Å². The third-order valence-electron chi connectivity index (χ3n) is 1.92. The van der Waals surface area contributed by atoms with Gasteiger partial charge < -0.3 is 5.73 Å². The van der Waals surface area contributed by atoms with Gasteiger partial charge in [-0.15, -0.1) is 0 Å². The number of pyridine rings is 1. The van der Waals surface area contributed by atoms with Crippen molar-refractivity contribution < 1.29 is 0 Å². The first-order valence-corrected chi connectivity index (χ1v) is 5.84. The van der Waals surface area contributed by atoms with Crippen LogP contribution in [0.2, 0.25) is 0 Å². The SMILES string of the molecule is NCc1nccn1-c1ncc(Br)cc1Br. The Hall–Kier alpha value is -0.720. The number of hydrogen-bond acceptors (Lipinski definition) is 3. The van der Waals surface area contributed by atoms with Gasteiger partial charge in [0, 0.05) is 23.1 Å². The summed E-state index contributed by atoms with van der Waals surface area (Å²) in [5.41, 5.74) is 5.58. The summed E-state index contributed by atoms with van der Waals surface area (Å²) in [6, 6.07) is 1.93. The van der Waals surface area contributed by atoms with Gasteiger partial charge in [-0.25, -0.2) is 9.97 Å². The van der Waals surface area contributed by atoms with Gasteiger partial charge in [-0.2, -0.15) is 0 Å². The Morgan fingerprint density at radius 3 is 2.80 bits per heavy atom. The molecule has 2 aromatic rings. The summed E-state index contributed by atoms with van der Waals surface area (Å²) < 4.78 is 3.67. The monoisotopic (exact) mass is 330 g/mol. The van der Waals surface area contributed by atoms with Crippen LogP contribution >= 0.6 is 31.9 Å². The van der Waals surface area contributed by atoms with Gasteiger partial charge in [-0.3, -0.25) is 4.57 Å². The molecule has 0 unspecified atom stereocenters. The van der Waals surface area contributed by atoms with Crippen LogP contribution in [0.4, 0.5) is 0 Å². The van der Waals surface area contributed by atoms with Crippen LogP contribution in [0.5, 0.6) is 0 Å². The molecule has 0 saturated carbocycles. The van der Waals surface area contributed by atoms with Gasteiger partial charge in [0.2, 0.25) is 0 Å². The third kappa shape index (κ3) is 2.11. The highest BCUT2D eigenvalue weighted by Crippen LogP contribution is 2.23. The Balaban J connectivity index is 2.54. The van der Waals surface area contributed by atoms with Crippen molar-refractivity contribution in [1.82, 2.24) is 14.5 Å². The lowest BCUT2D eigenvalue weighted by Gasteiger charge is -2.07. The largest absolute Gasteiger partial charge is 0.324 e. The molecule has 2 N–H and O–H groups in total. The number of rotatable bonds is 2. The Morgan fingerprint density at radius 1 is 1.33 bits per heavy atom. The molecule has 0 fully saturated rings. The summed E-state index contributed by atoms with van der Waals surface area (Å²) in [7, 11) is 0. The van der Waals surface area contributed by atoms with Crippen molar-refractivity contribution in [3.63, 3.8) is 0 Å². The number of hydrogen-bond donors (Lipinski definition) is 1. The van der Waals surface area contributed by atoms with Gasteiger partial charge in [0.1, 0.15) is 5.82 Å². The number of aromatic nitrogens is 3. The molecule has 2 rings (SSSR count). The predicted molar refractivity (Wildman–Crippen MR) is 64.7 cm³/mol. The fraction of sp³-hybridized carbons (Fsp3) is 0.111. The Kier molecular flexibility index (Phi) is 3.18. The quantitative estimate of drug-likeness (QED) is 0.918. The molecule has 0 amide bonds. The number of nitrogens with two attached hydrogens (primary N) is 1. The van der Waals surface area contributed by atoms with Crippen LogP contribution in [-0.4, -0.2) is 14.5 Å². The maximum atomic E-state index is 5.58. The molecule has 0 spiro atoms. The van der Waals surface area contributed by atoms with E-state index in [1.54, 1.807) is 12.4 Å². The number of nitrogens with zero attached hydrogens (tertiary/aromatic N) is 3. The summed E-state index contributed by atoms with van der Waals surface area (Å²) in [6.07, 6.45) is 5.28. The molecule has 15 heavy (non-hydrogen) atoms. The van der Waals surface area contributed by atoms with Crippen LogP contribution in [0.1, 0.15) is 5.82 Å². The van der Waals surface area contributed by atoms with E-state index in [9.17, 15) is 0 Å². The maximum absolute atomic E-state index is 5.58. The molecule has 2 aromatic heterocycles. The fourth-order valence-electron chi connectivity index (χ4n) is 1.26. The standard InChI is InChI=1S/C9H8Br2N4/c10-6-3-7(11)9(14-5-6)15-2-1-13-8(15)4-12/h1-3,5H,4,12H2. The molecule has 2 heterocycles. The lowest BCUT2D eigenvalue weighted by molar-refractivity contribution is 0.844. The van der Waals surface area contributed by atoms with Crippen LogP contribution in [0, 0.1) is 0 Å². The normalized spacial score (nSPS) is 10.6. The molecular formula is C9H8Br2N4. The van der Waals surface area contributed by atoms with Crippen LogP contribution < -0.4 is 5.73 Å². The minimum Gasteiger partial charge on any atom is -0.324 e. The molecule has 6 heteroatoms. The second-order valence-electron chi connectivity index (χ2n) is 2.88. The summed E-state index contributed by atoms with van der Waals surface area (Å²) in [4.78, 5) is 8.44. The van der Waals surface area contributed by atoms with Crippen molar-refractivity contribution in [3.05, 3.63) is 39.4 Å². The zero-order chi connectivity index (χ0) is 10.8. The summed E-state index contributed by atoms with van der Waals surface area (Å²) in [5.74, 6) is 1.57. The summed E-state index contributed by atoms with van der Waals surface area (Å²) in [6.45, 7) is 0.386. The van der Waals surface area contributed by atoms with E-state index >= 15 is 0 Å². The van der Waals surface area contributed by atoms with Crippen LogP contribution in [0.25, 0.3) is 5.82 Å². The zero-order valence-corrected chi connectivity index (χ0v) is 10.9. The molecule has 0 aliphatic heterocycles. The minimum absolute atomic E-state index is 0.386. The minimum atomic E-state index is 0.386. The molecule has 0 saturated heterocycles. The number of imidazole rings is 1. The topological polar surface area (TPSA) is 56.7 Å². The van der Waals surface area contributed by atoms with E-state index in [4.69, 9.17) is 5.73 Å². The van der Waals surface area contributed by atoms with Crippen molar-refractivity contribution in [2.75, 3.05) is 0 Å². The average molecular weight is 332 g/mol. The zero-order valence-electron chi connectivity index (χ0n) is 7.69. The van der Waals surface area contributed by atoms with Gasteiger partial charge in [0.25, 0.3) is 0 Å².